The fourth-order valence-corrected chi connectivity index (χ4v) is 2.31. The highest BCUT2D eigenvalue weighted by atomic mass is 19.3. The number of halogens is 2. The normalized spacial score (nSPS) is 15.1. The van der Waals surface area contributed by atoms with Gasteiger partial charge < -0.3 is 18.9 Å². The van der Waals surface area contributed by atoms with Crippen molar-refractivity contribution in [2.45, 2.75) is 13.2 Å². The summed E-state index contributed by atoms with van der Waals surface area (Å²) in [5.41, 5.74) is 1.15. The lowest BCUT2D eigenvalue weighted by Crippen LogP contribution is -2.25. The molecule has 7 nitrogen and oxygen atoms in total. The molecule has 3 aromatic rings. The van der Waals surface area contributed by atoms with Gasteiger partial charge in [0.05, 0.1) is 22.9 Å². The first-order chi connectivity index (χ1) is 10.9. The number of aromatic amines is 1. The number of imidazole rings is 1. The highest BCUT2D eigenvalue weighted by Crippen LogP contribution is 2.42. The van der Waals surface area contributed by atoms with Gasteiger partial charge in [-0.1, -0.05) is 0 Å². The third-order valence-electron chi connectivity index (χ3n) is 3.34. The number of carbonyl (C=O) groups excluding carboxylic acids is 1. The van der Waals surface area contributed by atoms with E-state index in [2.05, 4.69) is 24.8 Å². The molecule has 1 aliphatic heterocycles. The Labute approximate surface area is 127 Å². The van der Waals surface area contributed by atoms with Crippen LogP contribution >= 0.6 is 0 Å². The molecule has 0 radical (unpaired) electrons. The van der Waals surface area contributed by atoms with E-state index in [1.54, 1.807) is 6.92 Å². The molecule has 1 aromatic carbocycles. The summed E-state index contributed by atoms with van der Waals surface area (Å²) in [5.74, 6) is 0.0248. The summed E-state index contributed by atoms with van der Waals surface area (Å²) in [6.07, 6.45) is -2.28. The van der Waals surface area contributed by atoms with Gasteiger partial charge in [-0.15, -0.1) is 8.78 Å². The van der Waals surface area contributed by atoms with Gasteiger partial charge in [0, 0.05) is 12.1 Å². The number of rotatable bonds is 2. The largest absolute Gasteiger partial charge is 0.586 e. The highest BCUT2D eigenvalue weighted by Gasteiger charge is 2.43. The maximum atomic E-state index is 13.0. The van der Waals surface area contributed by atoms with E-state index in [1.807, 2.05) is 0 Å². The summed E-state index contributed by atoms with van der Waals surface area (Å²) >= 11 is 0. The molecule has 2 aromatic heterocycles. The molecule has 0 unspecified atom stereocenters. The first kappa shape index (κ1) is 13.6. The fraction of sp³-hybridized carbons (Fsp3) is 0.143. The number of nitrogens with zero attached hydrogens (tertiary/aromatic N) is 1. The Morgan fingerprint density at radius 2 is 2.04 bits per heavy atom. The molecular formula is C14H9F2N3O4. The van der Waals surface area contributed by atoms with Crippen LogP contribution in [0.25, 0.3) is 11.0 Å². The molecule has 0 aliphatic carbocycles. The fourth-order valence-electron chi connectivity index (χ4n) is 2.31. The molecule has 23 heavy (non-hydrogen) atoms. The molecule has 1 aliphatic rings. The van der Waals surface area contributed by atoms with Gasteiger partial charge in [-0.25, -0.2) is 4.98 Å². The number of nitrogens with one attached hydrogen (secondary N) is 2. The van der Waals surface area contributed by atoms with Gasteiger partial charge in [-0.05, 0) is 13.0 Å². The van der Waals surface area contributed by atoms with Crippen molar-refractivity contribution in [1.29, 1.82) is 0 Å². The Morgan fingerprint density at radius 3 is 2.74 bits per heavy atom. The van der Waals surface area contributed by atoms with Crippen LogP contribution in [0, 0.1) is 6.92 Å². The summed E-state index contributed by atoms with van der Waals surface area (Å²) < 4.78 is 39.8. The number of hydrogen-bond acceptors (Lipinski definition) is 5. The van der Waals surface area contributed by atoms with E-state index in [9.17, 15) is 13.6 Å². The molecule has 0 atom stereocenters. The highest BCUT2D eigenvalue weighted by molar-refractivity contribution is 6.04. The van der Waals surface area contributed by atoms with E-state index in [4.69, 9.17) is 4.42 Å². The third kappa shape index (κ3) is 2.26. The molecule has 0 saturated heterocycles. The van der Waals surface area contributed by atoms with Gasteiger partial charge in [-0.2, -0.15) is 0 Å². The Balaban J connectivity index is 1.64. The van der Waals surface area contributed by atoms with Gasteiger partial charge in [-0.3, -0.25) is 10.1 Å². The van der Waals surface area contributed by atoms with Crippen LogP contribution in [0.1, 0.15) is 16.1 Å². The molecule has 3 heterocycles. The van der Waals surface area contributed by atoms with E-state index < -0.39 is 12.2 Å². The monoisotopic (exact) mass is 321 g/mol. The minimum absolute atomic E-state index is 0.102. The third-order valence-corrected chi connectivity index (χ3v) is 3.34. The van der Waals surface area contributed by atoms with Crippen molar-refractivity contribution in [3.05, 3.63) is 35.8 Å². The summed E-state index contributed by atoms with van der Waals surface area (Å²) in [4.78, 5) is 19.0. The van der Waals surface area contributed by atoms with Gasteiger partial charge in [0.25, 0.3) is 5.91 Å². The van der Waals surface area contributed by atoms with Crippen LogP contribution in [0.15, 0.2) is 28.9 Å². The van der Waals surface area contributed by atoms with E-state index in [1.165, 1.54) is 24.5 Å². The van der Waals surface area contributed by atoms with Crippen LogP contribution in [0.5, 0.6) is 11.5 Å². The first-order valence-corrected chi connectivity index (χ1v) is 6.56. The number of furan rings is 1. The summed E-state index contributed by atoms with van der Waals surface area (Å²) in [6, 6.07) is 4.17. The number of carbonyl (C=O) groups is 1. The number of alkyl halides is 2. The lowest BCUT2D eigenvalue weighted by molar-refractivity contribution is -0.286. The van der Waals surface area contributed by atoms with Crippen LogP contribution in [-0.2, 0) is 0 Å². The minimum Gasteiger partial charge on any atom is -0.469 e. The molecule has 0 fully saturated rings. The lowest BCUT2D eigenvalue weighted by Gasteiger charge is -2.04. The molecule has 9 heteroatoms. The molecular weight excluding hydrogens is 312 g/mol. The zero-order valence-corrected chi connectivity index (χ0v) is 11.6. The maximum absolute atomic E-state index is 13.0. The van der Waals surface area contributed by atoms with Crippen molar-refractivity contribution in [3.8, 4) is 11.5 Å². The molecule has 0 spiro atoms. The number of anilines is 1. The Kier molecular flexibility index (Phi) is 2.62. The van der Waals surface area contributed by atoms with Crippen molar-refractivity contribution >= 4 is 22.9 Å². The SMILES string of the molecule is Cc1occc1C(=O)Nc1nc2cc3c(cc2[nH]1)OC(F)(F)O3. The van der Waals surface area contributed by atoms with Gasteiger partial charge in [0.1, 0.15) is 5.76 Å². The van der Waals surface area contributed by atoms with Crippen molar-refractivity contribution in [2.75, 3.05) is 5.32 Å². The Bertz CT molecular complexity index is 886. The molecule has 4 rings (SSSR count). The molecule has 118 valence electrons. The number of amides is 1. The number of aryl methyl sites for hydroxylation is 1. The number of aromatic nitrogens is 2. The average Bonchev–Trinajstić information content (AvgIpc) is 3.10. The van der Waals surface area contributed by atoms with Crippen LogP contribution in [0.4, 0.5) is 14.7 Å². The second kappa shape index (κ2) is 4.45. The second-order valence-corrected chi connectivity index (χ2v) is 4.91. The second-order valence-electron chi connectivity index (χ2n) is 4.91. The molecule has 1 amide bonds. The zero-order valence-electron chi connectivity index (χ0n) is 11.6. The Hall–Kier alpha value is -3.10. The smallest absolute Gasteiger partial charge is 0.469 e. The van der Waals surface area contributed by atoms with Crippen LogP contribution in [-0.4, -0.2) is 22.2 Å². The summed E-state index contributed by atoms with van der Waals surface area (Å²) in [6.45, 7) is 1.66. The predicted molar refractivity (Wildman–Crippen MR) is 73.7 cm³/mol. The van der Waals surface area contributed by atoms with Crippen LogP contribution in [0.3, 0.4) is 0 Å². The number of H-pyrrole nitrogens is 1. The number of hydrogen-bond donors (Lipinski definition) is 2. The molecule has 2 N–H and O–H groups in total. The predicted octanol–water partition coefficient (Wildman–Crippen LogP) is 3.04. The van der Waals surface area contributed by atoms with Crippen molar-refractivity contribution in [2.24, 2.45) is 0 Å². The summed E-state index contributed by atoms with van der Waals surface area (Å²) in [5, 5.41) is 2.57. The first-order valence-electron chi connectivity index (χ1n) is 6.56. The van der Waals surface area contributed by atoms with Crippen molar-refractivity contribution < 1.29 is 27.5 Å². The average molecular weight is 321 g/mol. The lowest BCUT2D eigenvalue weighted by atomic mass is 10.2. The van der Waals surface area contributed by atoms with E-state index in [0.29, 0.717) is 22.4 Å². The van der Waals surface area contributed by atoms with Gasteiger partial charge in [0.15, 0.2) is 11.5 Å². The summed E-state index contributed by atoms with van der Waals surface area (Å²) in [7, 11) is 0. The Morgan fingerprint density at radius 1 is 1.30 bits per heavy atom. The molecule has 0 saturated carbocycles. The maximum Gasteiger partial charge on any atom is 0.586 e. The van der Waals surface area contributed by atoms with E-state index in [-0.39, 0.29) is 17.4 Å². The van der Waals surface area contributed by atoms with E-state index in [0.717, 1.165) is 0 Å². The number of benzene rings is 1. The quantitative estimate of drug-likeness (QED) is 0.757. The van der Waals surface area contributed by atoms with Crippen LogP contribution in [0.2, 0.25) is 0 Å². The number of ether oxygens (including phenoxy) is 2. The minimum atomic E-state index is -3.68. The van der Waals surface area contributed by atoms with E-state index >= 15 is 0 Å². The van der Waals surface area contributed by atoms with Crippen LogP contribution < -0.4 is 14.8 Å². The van der Waals surface area contributed by atoms with Crippen molar-refractivity contribution in [3.63, 3.8) is 0 Å². The van der Waals surface area contributed by atoms with Gasteiger partial charge >= 0.3 is 6.29 Å². The standard InChI is InChI=1S/C14H9F2N3O4/c1-6-7(2-3-21-6)12(20)19-13-17-8-4-10-11(5-9(8)18-13)23-14(15,16)22-10/h2-5H,1H3,(H2,17,18,19,20). The molecule has 0 bridgehead atoms. The van der Waals surface area contributed by atoms with Gasteiger partial charge in [0.2, 0.25) is 5.95 Å². The van der Waals surface area contributed by atoms with Crippen molar-refractivity contribution in [1.82, 2.24) is 9.97 Å². The zero-order chi connectivity index (χ0) is 16.2. The number of fused-ring (bicyclic) bond motifs is 2. The topological polar surface area (TPSA) is 89.4 Å².